The van der Waals surface area contributed by atoms with Gasteiger partial charge in [-0.25, -0.2) is 0 Å². The first-order valence-electron chi connectivity index (χ1n) is 40.4. The smallest absolute Gasteiger partial charge is 0.112 e. The molecule has 10 heteroatoms. The van der Waals surface area contributed by atoms with Gasteiger partial charge in [0.1, 0.15) is 30.8 Å². The number of rotatable bonds is 18. The van der Waals surface area contributed by atoms with Crippen molar-refractivity contribution >= 4 is 39.8 Å². The summed E-state index contributed by atoms with van der Waals surface area (Å²) in [6.45, 7) is 51.7. The third-order valence-corrected chi connectivity index (χ3v) is 20.5. The van der Waals surface area contributed by atoms with Crippen LogP contribution in [0.15, 0.2) is 232 Å². The number of para-hydroxylation sites is 7. The van der Waals surface area contributed by atoms with Gasteiger partial charge in [-0.1, -0.05) is 266 Å². The molecule has 104 heavy (non-hydrogen) atoms. The fourth-order valence-electron chi connectivity index (χ4n) is 15.7. The molecular formula is C94H132N10. The predicted octanol–water partition coefficient (Wildman–Crippen LogP) is 24.6. The van der Waals surface area contributed by atoms with Crippen LogP contribution in [0.25, 0.3) is 0 Å². The quantitative estimate of drug-likeness (QED) is 0.0829. The largest absolute Gasteiger partial charge is 0.359 e. The van der Waals surface area contributed by atoms with Crippen LogP contribution in [0.2, 0.25) is 0 Å². The lowest BCUT2D eigenvalue weighted by atomic mass is 9.99. The maximum Gasteiger partial charge on any atom is 0.112 e. The van der Waals surface area contributed by atoms with Crippen LogP contribution in [0.1, 0.15) is 225 Å². The molecule has 10 nitrogen and oxygen atoms in total. The summed E-state index contributed by atoms with van der Waals surface area (Å²) in [6.07, 6.45) is 22.6. The van der Waals surface area contributed by atoms with Gasteiger partial charge < -0.3 is 49.0 Å². The van der Waals surface area contributed by atoms with Crippen LogP contribution in [0.5, 0.6) is 0 Å². The van der Waals surface area contributed by atoms with Crippen molar-refractivity contribution in [3.8, 4) is 0 Å². The highest BCUT2D eigenvalue weighted by molar-refractivity contribution is 5.70. The zero-order valence-electron chi connectivity index (χ0n) is 71.1. The molecule has 0 saturated heterocycles. The fourth-order valence-corrected chi connectivity index (χ4v) is 15.7. The van der Waals surface area contributed by atoms with E-state index in [-0.39, 0.29) is 12.1 Å². The average molecular weight is 1410 g/mol. The number of aryl methyl sites for hydroxylation is 2. The van der Waals surface area contributed by atoms with Crippen LogP contribution in [0.3, 0.4) is 0 Å². The second-order valence-corrected chi connectivity index (χ2v) is 32.4. The number of benzene rings is 7. The zero-order valence-corrected chi connectivity index (χ0v) is 68.1. The summed E-state index contributed by atoms with van der Waals surface area (Å²) in [5.41, 5.74) is 18.5. The minimum atomic E-state index is -2.12. The van der Waals surface area contributed by atoms with E-state index >= 15 is 0 Å². The van der Waals surface area contributed by atoms with E-state index in [1.165, 1.54) is 78.0 Å². The summed E-state index contributed by atoms with van der Waals surface area (Å²) in [6, 6.07) is 61.0. The first-order valence-corrected chi connectivity index (χ1v) is 38.9. The second kappa shape index (κ2) is 36.8. The molecule has 0 saturated carbocycles. The van der Waals surface area contributed by atoms with Crippen molar-refractivity contribution in [1.29, 1.82) is 0 Å². The Morgan fingerprint density at radius 1 is 0.260 bits per heavy atom. The van der Waals surface area contributed by atoms with E-state index in [0.717, 1.165) is 5.69 Å². The average Bonchev–Trinajstić information content (AvgIpc) is 1.67. The molecule has 0 radical (unpaired) electrons. The first kappa shape index (κ1) is 76.4. The summed E-state index contributed by atoms with van der Waals surface area (Å²) in [4.78, 5) is 22.9. The Hall–Kier alpha value is -8.76. The van der Waals surface area contributed by atoms with E-state index in [4.69, 9.17) is 4.11 Å². The van der Waals surface area contributed by atoms with Crippen LogP contribution in [0.4, 0.5) is 39.8 Å². The van der Waals surface area contributed by atoms with Crippen LogP contribution < -0.4 is 34.3 Å². The van der Waals surface area contributed by atoms with Crippen LogP contribution in [-0.4, -0.2) is 65.6 Å². The molecule has 5 heterocycles. The molecule has 0 spiro atoms. The molecule has 0 fully saturated rings. The van der Waals surface area contributed by atoms with Crippen molar-refractivity contribution in [3.63, 3.8) is 0 Å². The summed E-state index contributed by atoms with van der Waals surface area (Å²) < 4.78 is 23.2. The van der Waals surface area contributed by atoms with Crippen molar-refractivity contribution in [2.75, 3.05) is 48.3 Å². The number of nitrogens with zero attached hydrogens (tertiary/aromatic N) is 10. The minimum absolute atomic E-state index is 0.183. The van der Waals surface area contributed by atoms with E-state index in [1.54, 1.807) is 6.20 Å². The Kier molecular flexibility index (Phi) is 27.0. The van der Waals surface area contributed by atoms with E-state index in [2.05, 4.69) is 425 Å². The molecular weight excluding hydrogens is 1270 g/mol. The maximum atomic E-state index is 7.72. The first-order chi connectivity index (χ1) is 50.7. The Morgan fingerprint density at radius 3 is 0.865 bits per heavy atom. The van der Waals surface area contributed by atoms with Crippen molar-refractivity contribution in [2.24, 2.45) is 29.6 Å². The van der Waals surface area contributed by atoms with Crippen LogP contribution >= 0.6 is 0 Å². The third-order valence-electron chi connectivity index (χ3n) is 20.5. The van der Waals surface area contributed by atoms with Gasteiger partial charge in [-0.3, -0.25) is 0 Å². The topological polar surface area (TPSA) is 32.4 Å². The molecule has 0 aromatic heterocycles. The Labute approximate surface area is 636 Å². The highest BCUT2D eigenvalue weighted by Gasteiger charge is 2.37. The van der Waals surface area contributed by atoms with Gasteiger partial charge in [0.15, 0.2) is 0 Å². The standard InChI is InChI=1S/C23H30N2.C21H26N2.C18H28N2.2C16H24N2/c1-16(2)20-12-7-8-13-21(20)24-14-15-25(23(24)17(3)4)22-18(5)10-9-11-19(22)6;1-16(2)19-12-8-9-13-20(19)23-15-14-22(21(23)17(3)4)18-10-6-5-7-11-18;1-13(2)16-9-7-8-10-17(16)20-12-11-19(15(5)6)18(20)14(3)4;2*1-12(2)14-8-6-7-9-15(14)18-11-10-17(5)16(18)13(3)4/h7-17,23H,1-6H3;5-17,21H,1-4H3;7-15,18H,1-6H3;2*6-13,16H,1-5H3/i;;;5D3;. The van der Waals surface area contributed by atoms with Gasteiger partial charge in [0, 0.05) is 126 Å². The monoisotopic (exact) mass is 1400 g/mol. The van der Waals surface area contributed by atoms with Crippen LogP contribution in [-0.2, 0) is 0 Å². The molecule has 7 aromatic carbocycles. The molecule has 0 amide bonds. The third kappa shape index (κ3) is 18.8. The molecule has 0 bridgehead atoms. The molecule has 12 rings (SSSR count). The van der Waals surface area contributed by atoms with E-state index < -0.39 is 6.98 Å². The van der Waals surface area contributed by atoms with Gasteiger partial charge >= 0.3 is 0 Å². The molecule has 558 valence electrons. The predicted molar refractivity (Wildman–Crippen MR) is 454 cm³/mol. The van der Waals surface area contributed by atoms with Crippen molar-refractivity contribution in [3.05, 3.63) is 271 Å². The molecule has 5 aliphatic rings. The molecule has 0 N–H and O–H groups in total. The van der Waals surface area contributed by atoms with Gasteiger partial charge in [0.2, 0.25) is 0 Å². The summed E-state index contributed by atoms with van der Waals surface area (Å²) in [5, 5.41) is 0. The molecule has 0 aliphatic carbocycles. The summed E-state index contributed by atoms with van der Waals surface area (Å²) in [5.74, 6) is 4.86. The van der Waals surface area contributed by atoms with Crippen molar-refractivity contribution < 1.29 is 4.11 Å². The van der Waals surface area contributed by atoms with Gasteiger partial charge in [-0.2, -0.15) is 0 Å². The van der Waals surface area contributed by atoms with Gasteiger partial charge in [-0.05, 0) is 168 Å². The van der Waals surface area contributed by atoms with Gasteiger partial charge in [0.25, 0.3) is 0 Å². The van der Waals surface area contributed by atoms with Crippen molar-refractivity contribution in [2.45, 2.75) is 233 Å². The Morgan fingerprint density at radius 2 is 0.529 bits per heavy atom. The zero-order chi connectivity index (χ0) is 78.5. The van der Waals surface area contributed by atoms with Gasteiger partial charge in [-0.15, -0.1) is 0 Å². The van der Waals surface area contributed by atoms with Crippen molar-refractivity contribution in [1.82, 2.24) is 14.7 Å². The van der Waals surface area contributed by atoms with E-state index in [0.29, 0.717) is 84.0 Å². The Bertz CT molecular complexity index is 4060. The second-order valence-electron chi connectivity index (χ2n) is 32.4. The van der Waals surface area contributed by atoms with Crippen LogP contribution in [0, 0.1) is 43.4 Å². The fraction of sp³-hybridized carbons (Fsp3) is 0.447. The summed E-state index contributed by atoms with van der Waals surface area (Å²) >= 11 is 0. The molecule has 7 aromatic rings. The lowest BCUT2D eigenvalue weighted by Crippen LogP contribution is -2.45. The normalized spacial score (nSPS) is 18.9. The SMILES string of the molecule is CC(C)c1ccccc1N1C=CN(C(C)C)C1C(C)C.CC(C)c1ccccc1N1C=CN(C)C1C(C)C.CC(C)c1ccccc1N1C=CN(c2ccccc2)C1C(C)C.Cc1cccc(C)c1N1C=CN(c2ccccc2C(C)C)C1C(C)C.[2H]C([2H])([2H])N1C=CN(c2ccccc2C(C)C)C1C(C)C. The minimum Gasteiger partial charge on any atom is -0.359 e. The highest BCUT2D eigenvalue weighted by atomic mass is 15.4. The molecule has 5 aliphatic heterocycles. The molecule has 5 unspecified atom stereocenters. The number of anilines is 7. The van der Waals surface area contributed by atoms with Gasteiger partial charge in [0.05, 0.1) is 0 Å². The Balaban J connectivity index is 0.000000169. The molecule has 5 atom stereocenters. The lowest BCUT2D eigenvalue weighted by Gasteiger charge is -2.38. The summed E-state index contributed by atoms with van der Waals surface area (Å²) in [7, 11) is 2.15. The highest BCUT2D eigenvalue weighted by Crippen LogP contribution is 2.42. The van der Waals surface area contributed by atoms with E-state index in [1.807, 2.05) is 18.3 Å². The number of hydrogen-bond donors (Lipinski definition) is 0. The van der Waals surface area contributed by atoms with E-state index in [9.17, 15) is 0 Å². The maximum absolute atomic E-state index is 7.72. The lowest BCUT2D eigenvalue weighted by molar-refractivity contribution is 0.201. The number of hydrogen-bond acceptors (Lipinski definition) is 10.